The number of hydrogen-bond acceptors (Lipinski definition) is 5. The van der Waals surface area contributed by atoms with Gasteiger partial charge in [0.1, 0.15) is 5.88 Å². The Balaban J connectivity index is 0.00000288. The van der Waals surface area contributed by atoms with Crippen molar-refractivity contribution in [3.8, 4) is 5.88 Å². The molecule has 1 aromatic rings. The van der Waals surface area contributed by atoms with Crippen LogP contribution >= 0.6 is 0 Å². The van der Waals surface area contributed by atoms with Crippen molar-refractivity contribution in [1.82, 2.24) is 4.98 Å². The van der Waals surface area contributed by atoms with Crippen LogP contribution in [0.3, 0.4) is 0 Å². The Bertz CT molecular complexity index is 552. The summed E-state index contributed by atoms with van der Waals surface area (Å²) in [4.78, 5) is 16.6. The van der Waals surface area contributed by atoms with Gasteiger partial charge in [-0.2, -0.15) is 6.07 Å². The number of amides is 1. The van der Waals surface area contributed by atoms with Crippen molar-refractivity contribution in [2.45, 2.75) is 53.4 Å². The minimum atomic E-state index is -0.517. The Morgan fingerprint density at radius 2 is 2.00 bits per heavy atom. The molecule has 7 heteroatoms. The Hall–Kier alpha value is -1.06. The van der Waals surface area contributed by atoms with Crippen LogP contribution in [0.2, 0.25) is 0 Å². The maximum absolute atomic E-state index is 12.2. The zero-order chi connectivity index (χ0) is 17.0. The van der Waals surface area contributed by atoms with Crippen molar-refractivity contribution in [2.75, 3.05) is 18.5 Å². The maximum Gasteiger partial charge on any atom is 1.00 e. The Kier molecular flexibility index (Phi) is 7.75. The minimum absolute atomic E-state index is 0. The van der Waals surface area contributed by atoms with Gasteiger partial charge < -0.3 is 24.5 Å². The fraction of sp³-hybridized carbons (Fsp3) is 0.647. The summed E-state index contributed by atoms with van der Waals surface area (Å²) < 4.78 is 16.8. The van der Waals surface area contributed by atoms with E-state index in [9.17, 15) is 4.79 Å². The number of hydrogen-bond donors (Lipinski definition) is 1. The molecule has 0 saturated carbocycles. The van der Waals surface area contributed by atoms with Gasteiger partial charge in [-0.3, -0.25) is 4.79 Å². The van der Waals surface area contributed by atoms with Gasteiger partial charge in [0.15, 0.2) is 6.29 Å². The van der Waals surface area contributed by atoms with E-state index >= 15 is 0 Å². The second-order valence-corrected chi connectivity index (χ2v) is 6.80. The second kappa shape index (κ2) is 8.86. The Morgan fingerprint density at radius 3 is 2.54 bits per heavy atom. The van der Waals surface area contributed by atoms with Crippen molar-refractivity contribution in [3.05, 3.63) is 17.8 Å². The molecule has 2 rings (SSSR count). The third kappa shape index (κ3) is 5.78. The molecule has 6 nitrogen and oxygen atoms in total. The normalized spacial score (nSPS) is 15.8. The maximum atomic E-state index is 12.2. The first kappa shape index (κ1) is 21.0. The molecule has 1 N–H and O–H groups in total. The van der Waals surface area contributed by atoms with Crippen LogP contribution in [-0.4, -0.2) is 30.2 Å². The van der Waals surface area contributed by atoms with Crippen molar-refractivity contribution in [3.63, 3.8) is 0 Å². The van der Waals surface area contributed by atoms with E-state index in [2.05, 4.69) is 16.4 Å². The molecule has 1 aliphatic rings. The van der Waals surface area contributed by atoms with Crippen molar-refractivity contribution >= 4 is 11.6 Å². The molecule has 0 atom stereocenters. The molecule has 0 aliphatic carbocycles. The van der Waals surface area contributed by atoms with Gasteiger partial charge in [0.25, 0.3) is 0 Å². The number of aromatic nitrogens is 1. The molecule has 1 fully saturated rings. The molecule has 0 radical (unpaired) electrons. The van der Waals surface area contributed by atoms with E-state index in [0.717, 1.165) is 6.42 Å². The van der Waals surface area contributed by atoms with E-state index in [4.69, 9.17) is 14.2 Å². The van der Waals surface area contributed by atoms with Crippen LogP contribution in [0.25, 0.3) is 0 Å². The van der Waals surface area contributed by atoms with Crippen LogP contribution in [0, 0.1) is 11.5 Å². The summed E-state index contributed by atoms with van der Waals surface area (Å²) in [5, 5.41) is 2.82. The second-order valence-electron chi connectivity index (χ2n) is 6.80. The summed E-state index contributed by atoms with van der Waals surface area (Å²) in [6, 6.07) is 4.70. The average molecular weight is 328 g/mol. The summed E-state index contributed by atoms with van der Waals surface area (Å²) in [7, 11) is 0. The first-order valence-corrected chi connectivity index (χ1v) is 7.91. The molecule has 24 heavy (non-hydrogen) atoms. The monoisotopic (exact) mass is 328 g/mol. The fourth-order valence-electron chi connectivity index (χ4n) is 1.89. The third-order valence-corrected chi connectivity index (χ3v) is 3.14. The number of nitrogens with zero attached hydrogens (tertiary/aromatic N) is 1. The minimum Gasteiger partial charge on any atom is -0.530 e. The average Bonchev–Trinajstić information content (AvgIpc) is 2.48. The van der Waals surface area contributed by atoms with Crippen LogP contribution in [-0.2, 0) is 14.3 Å². The van der Waals surface area contributed by atoms with Gasteiger partial charge in [0.2, 0.25) is 5.91 Å². The number of carbonyl (C=O) groups is 1. The smallest absolute Gasteiger partial charge is 0.530 e. The fourth-order valence-corrected chi connectivity index (χ4v) is 1.89. The molecule has 1 amide bonds. The Morgan fingerprint density at radius 1 is 1.38 bits per heavy atom. The van der Waals surface area contributed by atoms with Crippen LogP contribution in [0.15, 0.2) is 6.07 Å². The number of ether oxygens (including phenoxy) is 3. The number of anilines is 1. The zero-order valence-corrected chi connectivity index (χ0v) is 15.4. The number of rotatable bonds is 4. The summed E-state index contributed by atoms with van der Waals surface area (Å²) in [5.74, 6) is 0.204. The van der Waals surface area contributed by atoms with E-state index in [-0.39, 0.29) is 30.9 Å². The third-order valence-electron chi connectivity index (χ3n) is 3.14. The van der Waals surface area contributed by atoms with Gasteiger partial charge in [0, 0.05) is 5.41 Å². The number of carbonyl (C=O) groups excluding carboxylic acids is 1. The number of pyridine rings is 1. The molecular formula is C17H25LiN2O4. The predicted octanol–water partition coefficient (Wildman–Crippen LogP) is 0.0931. The molecule has 1 aliphatic heterocycles. The number of nitrogens with one attached hydrogen (secondary N) is 1. The van der Waals surface area contributed by atoms with Crippen LogP contribution in [0.5, 0.6) is 5.88 Å². The van der Waals surface area contributed by atoms with Gasteiger partial charge in [0.05, 0.1) is 19.3 Å². The molecule has 0 bridgehead atoms. The molecule has 128 valence electrons. The SMILES string of the molecule is CC(C)Oc1nc(C2OCCCO2)c[c-]c1NC(=O)C(C)(C)C.[Li+]. The van der Waals surface area contributed by atoms with Gasteiger partial charge >= 0.3 is 18.9 Å². The zero-order valence-electron chi connectivity index (χ0n) is 15.4. The first-order valence-electron chi connectivity index (χ1n) is 7.91. The summed E-state index contributed by atoms with van der Waals surface area (Å²) in [6.45, 7) is 10.6. The molecule has 0 unspecified atom stereocenters. The quantitative estimate of drug-likeness (QED) is 0.627. The largest absolute Gasteiger partial charge is 1.00 e. The molecular weight excluding hydrogens is 303 g/mol. The van der Waals surface area contributed by atoms with Gasteiger partial charge in [-0.1, -0.05) is 20.8 Å². The topological polar surface area (TPSA) is 69.7 Å². The van der Waals surface area contributed by atoms with E-state index in [0.29, 0.717) is 30.5 Å². The van der Waals surface area contributed by atoms with Gasteiger partial charge in [-0.25, -0.2) is 0 Å². The molecule has 0 aromatic carbocycles. The summed E-state index contributed by atoms with van der Waals surface area (Å²) in [5.41, 5.74) is 0.504. The molecule has 2 heterocycles. The van der Waals surface area contributed by atoms with Gasteiger partial charge in [-0.15, -0.1) is 6.07 Å². The first-order chi connectivity index (χ1) is 10.8. The molecule has 1 aromatic heterocycles. The molecule has 0 spiro atoms. The van der Waals surface area contributed by atoms with Crippen molar-refractivity contribution < 1.29 is 37.9 Å². The van der Waals surface area contributed by atoms with Crippen LogP contribution in [0.1, 0.15) is 53.0 Å². The summed E-state index contributed by atoms with van der Waals surface area (Å²) in [6.07, 6.45) is 0.279. The van der Waals surface area contributed by atoms with Crippen molar-refractivity contribution in [1.29, 1.82) is 0 Å². The van der Waals surface area contributed by atoms with Crippen LogP contribution < -0.4 is 28.9 Å². The van der Waals surface area contributed by atoms with E-state index in [1.54, 1.807) is 6.07 Å². The van der Waals surface area contributed by atoms with E-state index in [1.165, 1.54) is 0 Å². The predicted molar refractivity (Wildman–Crippen MR) is 86.2 cm³/mol. The van der Waals surface area contributed by atoms with Crippen LogP contribution in [0.4, 0.5) is 5.69 Å². The standard InChI is InChI=1S/C17H25N2O4.Li/c1-11(2)23-14-12(19-16(20)17(3,4)5)7-8-13(18-14)15-21-9-6-10-22-15;/h8,11,15H,6,9-10H2,1-5H3,(H,19,20);/q-1;+1. The Labute approximate surface area is 155 Å². The summed E-state index contributed by atoms with van der Waals surface area (Å²) >= 11 is 0. The van der Waals surface area contributed by atoms with E-state index in [1.807, 2.05) is 34.6 Å². The molecule has 1 saturated heterocycles. The van der Waals surface area contributed by atoms with E-state index < -0.39 is 11.7 Å². The van der Waals surface area contributed by atoms with Crippen molar-refractivity contribution in [2.24, 2.45) is 5.41 Å². The van der Waals surface area contributed by atoms with Gasteiger partial charge in [-0.05, 0) is 31.6 Å².